The van der Waals surface area contributed by atoms with Crippen molar-refractivity contribution in [3.05, 3.63) is 69.3 Å². The Morgan fingerprint density at radius 1 is 1.10 bits per heavy atom. The number of nitrogens with zero attached hydrogens (tertiary/aromatic N) is 1. The second-order valence-electron chi connectivity index (χ2n) is 4.58. The molecular weight excluding hydrogens is 256 g/mol. The van der Waals surface area contributed by atoms with Gasteiger partial charge in [0.05, 0.1) is 4.92 Å². The smallest absolute Gasteiger partial charge is 0.269 e. The summed E-state index contributed by atoms with van der Waals surface area (Å²) in [5, 5.41) is 13.3. The van der Waals surface area contributed by atoms with E-state index in [0.717, 1.165) is 16.8 Å². The van der Waals surface area contributed by atoms with Gasteiger partial charge in [-0.15, -0.1) is 0 Å². The molecule has 5 heteroatoms. The van der Waals surface area contributed by atoms with Crippen LogP contribution in [-0.2, 0) is 0 Å². The largest absolute Gasteiger partial charge is 0.322 e. The Bertz CT molecular complexity index is 663. The molecule has 1 N–H and O–H groups in total. The van der Waals surface area contributed by atoms with Gasteiger partial charge in [-0.25, -0.2) is 0 Å². The normalized spacial score (nSPS) is 10.1. The molecule has 102 valence electrons. The zero-order chi connectivity index (χ0) is 14.7. The van der Waals surface area contributed by atoms with Crippen LogP contribution in [0.2, 0.25) is 0 Å². The van der Waals surface area contributed by atoms with E-state index in [2.05, 4.69) is 5.32 Å². The van der Waals surface area contributed by atoms with Gasteiger partial charge in [-0.3, -0.25) is 14.9 Å². The summed E-state index contributed by atoms with van der Waals surface area (Å²) in [6.45, 7) is 3.90. The van der Waals surface area contributed by atoms with E-state index in [4.69, 9.17) is 0 Å². The number of carbonyl (C=O) groups is 1. The number of nitro benzene ring substituents is 1. The number of amides is 1. The Morgan fingerprint density at radius 2 is 1.75 bits per heavy atom. The molecule has 0 radical (unpaired) electrons. The van der Waals surface area contributed by atoms with Crippen LogP contribution in [0, 0.1) is 24.0 Å². The van der Waals surface area contributed by atoms with Crippen molar-refractivity contribution >= 4 is 17.3 Å². The summed E-state index contributed by atoms with van der Waals surface area (Å²) in [5.41, 5.74) is 3.18. The molecule has 2 rings (SSSR count). The fraction of sp³-hybridized carbons (Fsp3) is 0.133. The van der Waals surface area contributed by atoms with Crippen LogP contribution in [0.25, 0.3) is 0 Å². The van der Waals surface area contributed by atoms with Gasteiger partial charge in [-0.2, -0.15) is 0 Å². The van der Waals surface area contributed by atoms with Gasteiger partial charge < -0.3 is 5.32 Å². The van der Waals surface area contributed by atoms with Crippen molar-refractivity contribution in [2.24, 2.45) is 0 Å². The first-order valence-electron chi connectivity index (χ1n) is 6.10. The lowest BCUT2D eigenvalue weighted by Gasteiger charge is -2.09. The maximum absolute atomic E-state index is 12.1. The first-order valence-corrected chi connectivity index (χ1v) is 6.10. The van der Waals surface area contributed by atoms with Crippen molar-refractivity contribution in [1.82, 2.24) is 0 Å². The predicted octanol–water partition coefficient (Wildman–Crippen LogP) is 3.46. The van der Waals surface area contributed by atoms with E-state index in [9.17, 15) is 14.9 Å². The van der Waals surface area contributed by atoms with E-state index in [0.29, 0.717) is 5.56 Å². The number of aryl methyl sites for hydroxylation is 2. The van der Waals surface area contributed by atoms with Crippen LogP contribution in [-0.4, -0.2) is 10.8 Å². The molecule has 1 amide bonds. The lowest BCUT2D eigenvalue weighted by Crippen LogP contribution is -2.12. The molecule has 2 aromatic carbocycles. The molecule has 0 fully saturated rings. The summed E-state index contributed by atoms with van der Waals surface area (Å²) >= 11 is 0. The first-order chi connectivity index (χ1) is 9.47. The topological polar surface area (TPSA) is 72.2 Å². The number of nitrogens with one attached hydrogen (secondary N) is 1. The molecule has 0 aliphatic carbocycles. The van der Waals surface area contributed by atoms with Crippen LogP contribution in [0.5, 0.6) is 0 Å². The molecule has 0 atom stereocenters. The van der Waals surface area contributed by atoms with E-state index in [-0.39, 0.29) is 11.6 Å². The van der Waals surface area contributed by atoms with Crippen LogP contribution in [0.15, 0.2) is 42.5 Å². The summed E-state index contributed by atoms with van der Waals surface area (Å²) < 4.78 is 0. The van der Waals surface area contributed by atoms with Crippen molar-refractivity contribution in [3.63, 3.8) is 0 Å². The van der Waals surface area contributed by atoms with Gasteiger partial charge in [0, 0.05) is 23.4 Å². The van der Waals surface area contributed by atoms with Crippen molar-refractivity contribution in [2.45, 2.75) is 13.8 Å². The highest BCUT2D eigenvalue weighted by Gasteiger charge is 2.10. The van der Waals surface area contributed by atoms with Crippen molar-refractivity contribution in [1.29, 1.82) is 0 Å². The molecule has 2 aromatic rings. The Balaban J connectivity index is 2.17. The highest BCUT2D eigenvalue weighted by molar-refractivity contribution is 6.04. The second-order valence-corrected chi connectivity index (χ2v) is 4.58. The minimum atomic E-state index is -0.494. The molecule has 20 heavy (non-hydrogen) atoms. The van der Waals surface area contributed by atoms with Crippen LogP contribution >= 0.6 is 0 Å². The van der Waals surface area contributed by atoms with E-state index >= 15 is 0 Å². The van der Waals surface area contributed by atoms with E-state index in [1.54, 1.807) is 0 Å². The molecule has 5 nitrogen and oxygen atoms in total. The highest BCUT2D eigenvalue weighted by Crippen LogP contribution is 2.18. The van der Waals surface area contributed by atoms with Gasteiger partial charge >= 0.3 is 0 Å². The Labute approximate surface area is 116 Å². The molecular formula is C15H14N2O3. The fourth-order valence-corrected chi connectivity index (χ4v) is 1.88. The minimum absolute atomic E-state index is 0.0342. The lowest BCUT2D eigenvalue weighted by atomic mass is 10.1. The number of hydrogen-bond acceptors (Lipinski definition) is 3. The van der Waals surface area contributed by atoms with Crippen LogP contribution in [0.3, 0.4) is 0 Å². The predicted molar refractivity (Wildman–Crippen MR) is 77.0 cm³/mol. The van der Waals surface area contributed by atoms with E-state index < -0.39 is 4.92 Å². The molecule has 0 saturated heterocycles. The molecule has 0 aliphatic heterocycles. The molecule has 0 aromatic heterocycles. The number of non-ortho nitro benzene ring substituents is 1. The van der Waals surface area contributed by atoms with Gasteiger partial charge in [0.25, 0.3) is 11.6 Å². The molecule has 0 aliphatic rings. The summed E-state index contributed by atoms with van der Waals surface area (Å²) in [4.78, 5) is 22.1. The Morgan fingerprint density at radius 3 is 2.30 bits per heavy atom. The van der Waals surface area contributed by atoms with E-state index in [1.165, 1.54) is 24.3 Å². The minimum Gasteiger partial charge on any atom is -0.322 e. The maximum Gasteiger partial charge on any atom is 0.269 e. The second kappa shape index (κ2) is 5.52. The van der Waals surface area contributed by atoms with Gasteiger partial charge in [-0.05, 0) is 37.6 Å². The molecule has 0 bridgehead atoms. The lowest BCUT2D eigenvalue weighted by molar-refractivity contribution is -0.384. The third kappa shape index (κ3) is 3.00. The average molecular weight is 270 g/mol. The third-order valence-corrected chi connectivity index (χ3v) is 2.97. The molecule has 0 saturated carbocycles. The molecule has 0 unspecified atom stereocenters. The van der Waals surface area contributed by atoms with Gasteiger partial charge in [0.1, 0.15) is 0 Å². The number of hydrogen-bond donors (Lipinski definition) is 1. The maximum atomic E-state index is 12.1. The third-order valence-electron chi connectivity index (χ3n) is 2.97. The van der Waals surface area contributed by atoms with Crippen molar-refractivity contribution in [3.8, 4) is 0 Å². The van der Waals surface area contributed by atoms with Crippen molar-refractivity contribution < 1.29 is 9.72 Å². The highest BCUT2D eigenvalue weighted by atomic mass is 16.6. The summed E-state index contributed by atoms with van der Waals surface area (Å²) in [6.07, 6.45) is 0. The number of nitro groups is 1. The monoisotopic (exact) mass is 270 g/mol. The van der Waals surface area contributed by atoms with Gasteiger partial charge in [0.15, 0.2) is 0 Å². The van der Waals surface area contributed by atoms with Crippen LogP contribution in [0.4, 0.5) is 11.4 Å². The Hall–Kier alpha value is -2.69. The van der Waals surface area contributed by atoms with E-state index in [1.807, 2.05) is 32.0 Å². The fourth-order valence-electron chi connectivity index (χ4n) is 1.88. The first kappa shape index (κ1) is 13.7. The summed E-state index contributed by atoms with van der Waals surface area (Å²) in [5.74, 6) is -0.285. The van der Waals surface area contributed by atoms with Gasteiger partial charge in [-0.1, -0.05) is 17.7 Å². The van der Waals surface area contributed by atoms with Crippen molar-refractivity contribution in [2.75, 3.05) is 5.32 Å². The van der Waals surface area contributed by atoms with Crippen LogP contribution in [0.1, 0.15) is 21.5 Å². The van der Waals surface area contributed by atoms with Crippen LogP contribution < -0.4 is 5.32 Å². The molecule has 0 spiro atoms. The number of anilines is 1. The van der Waals surface area contributed by atoms with Gasteiger partial charge in [0.2, 0.25) is 0 Å². The molecule has 0 heterocycles. The number of benzene rings is 2. The number of carbonyl (C=O) groups excluding carboxylic acids is 1. The SMILES string of the molecule is Cc1ccc(NC(=O)c2ccc([N+](=O)[O-])cc2)c(C)c1. The zero-order valence-electron chi connectivity index (χ0n) is 11.2. The number of rotatable bonds is 3. The zero-order valence-corrected chi connectivity index (χ0v) is 11.2. The summed E-state index contributed by atoms with van der Waals surface area (Å²) in [7, 11) is 0. The standard InChI is InChI=1S/C15H14N2O3/c1-10-3-8-14(11(2)9-10)16-15(18)12-4-6-13(7-5-12)17(19)20/h3-9H,1-2H3,(H,16,18). The Kier molecular flexibility index (Phi) is 3.79. The average Bonchev–Trinajstić information content (AvgIpc) is 2.42. The summed E-state index contributed by atoms with van der Waals surface area (Å²) in [6, 6.07) is 11.2. The quantitative estimate of drug-likeness (QED) is 0.685.